The molecular weight excluding hydrogens is 303 g/mol. The maximum Gasteiger partial charge on any atom is 0.281 e. The fourth-order valence-electron chi connectivity index (χ4n) is 1.59. The van der Waals surface area contributed by atoms with Gasteiger partial charge in [-0.2, -0.15) is 0 Å². The predicted molar refractivity (Wildman–Crippen MR) is 62.4 cm³/mol. The van der Waals surface area contributed by atoms with Gasteiger partial charge in [0.25, 0.3) is 12.9 Å². The van der Waals surface area contributed by atoms with Gasteiger partial charge < -0.3 is 0 Å². The molecule has 1 heterocycles. The van der Waals surface area contributed by atoms with Gasteiger partial charge in [-0.1, -0.05) is 17.7 Å². The first kappa shape index (κ1) is 14.6. The van der Waals surface area contributed by atoms with Gasteiger partial charge in [-0.05, 0) is 6.07 Å². The largest absolute Gasteiger partial charge is 0.281 e. The molecule has 0 amide bonds. The Balaban J connectivity index is 2.58. The predicted octanol–water partition coefficient (Wildman–Crippen LogP) is 4.81. The van der Waals surface area contributed by atoms with Crippen LogP contribution in [0.1, 0.15) is 24.1 Å². The van der Waals surface area contributed by atoms with Crippen LogP contribution in [0.5, 0.6) is 0 Å². The molecule has 0 saturated heterocycles. The Bertz CT molecular complexity index is 616. The number of hydrogen-bond acceptors (Lipinski definition) is 2. The number of nitrogens with zero attached hydrogens (tertiary/aromatic N) is 2. The van der Waals surface area contributed by atoms with E-state index in [0.29, 0.717) is 6.20 Å². The third-order valence-corrected chi connectivity index (χ3v) is 2.81. The lowest BCUT2D eigenvalue weighted by atomic mass is 10.0. The van der Waals surface area contributed by atoms with Gasteiger partial charge in [-0.15, -0.1) is 0 Å². The van der Waals surface area contributed by atoms with Gasteiger partial charge in [0.2, 0.25) is 0 Å². The van der Waals surface area contributed by atoms with E-state index in [9.17, 15) is 22.0 Å². The molecule has 2 rings (SSSR count). The van der Waals surface area contributed by atoms with E-state index in [1.54, 1.807) is 0 Å². The molecule has 20 heavy (non-hydrogen) atoms. The maximum atomic E-state index is 13.9. The molecule has 2 nitrogen and oxygen atoms in total. The second kappa shape index (κ2) is 5.70. The molecular formula is C12H6ClF5N2. The average Bonchev–Trinajstić information content (AvgIpc) is 2.41. The molecule has 8 heteroatoms. The highest BCUT2D eigenvalue weighted by Gasteiger charge is 2.22. The second-order valence-electron chi connectivity index (χ2n) is 3.75. The first-order chi connectivity index (χ1) is 9.41. The molecule has 0 spiro atoms. The average molecular weight is 309 g/mol. The highest BCUT2D eigenvalue weighted by Crippen LogP contribution is 2.35. The number of hydrogen-bond donors (Lipinski definition) is 0. The van der Waals surface area contributed by atoms with Crippen molar-refractivity contribution in [3.8, 4) is 11.3 Å². The molecule has 1 aromatic heterocycles. The Labute approximate surface area is 115 Å². The van der Waals surface area contributed by atoms with E-state index in [-0.39, 0.29) is 10.7 Å². The molecule has 2 aromatic rings. The van der Waals surface area contributed by atoms with Crippen LogP contribution in [0.25, 0.3) is 11.3 Å². The molecule has 0 aliphatic heterocycles. The van der Waals surface area contributed by atoms with Crippen molar-refractivity contribution in [3.05, 3.63) is 46.6 Å². The van der Waals surface area contributed by atoms with Gasteiger partial charge in [-0.3, -0.25) is 9.97 Å². The fourth-order valence-corrected chi connectivity index (χ4v) is 1.75. The van der Waals surface area contributed by atoms with E-state index < -0.39 is 35.5 Å². The number of benzene rings is 1. The summed E-state index contributed by atoms with van der Waals surface area (Å²) in [6, 6.07) is 1.94. The maximum absolute atomic E-state index is 13.9. The van der Waals surface area contributed by atoms with Crippen molar-refractivity contribution in [2.24, 2.45) is 0 Å². The van der Waals surface area contributed by atoms with Crippen molar-refractivity contribution in [1.82, 2.24) is 9.97 Å². The first-order valence-corrected chi connectivity index (χ1v) is 5.66. The summed E-state index contributed by atoms with van der Waals surface area (Å²) in [5.74, 6) is -1.09. The minimum atomic E-state index is -2.96. The summed E-state index contributed by atoms with van der Waals surface area (Å²) < 4.78 is 64.3. The van der Waals surface area contributed by atoms with Gasteiger partial charge >= 0.3 is 0 Å². The molecule has 0 fully saturated rings. The zero-order chi connectivity index (χ0) is 14.9. The van der Waals surface area contributed by atoms with Gasteiger partial charge in [0.05, 0.1) is 23.1 Å². The lowest BCUT2D eigenvalue weighted by molar-refractivity contribution is 0.145. The summed E-state index contributed by atoms with van der Waals surface area (Å²) in [7, 11) is 0. The fraction of sp³-hybridized carbons (Fsp3) is 0.167. The van der Waals surface area contributed by atoms with Crippen molar-refractivity contribution in [2.45, 2.75) is 12.9 Å². The van der Waals surface area contributed by atoms with Crippen LogP contribution in [0.15, 0.2) is 24.5 Å². The molecule has 0 N–H and O–H groups in total. The van der Waals surface area contributed by atoms with Crippen LogP contribution >= 0.6 is 11.6 Å². The molecule has 0 radical (unpaired) electrons. The summed E-state index contributed by atoms with van der Waals surface area (Å²) in [5, 5.41) is -0.371. The van der Waals surface area contributed by atoms with Crippen LogP contribution in [0.4, 0.5) is 22.0 Å². The van der Waals surface area contributed by atoms with Crippen LogP contribution in [0, 0.1) is 5.82 Å². The summed E-state index contributed by atoms with van der Waals surface area (Å²) in [6.07, 6.45) is -4.30. The number of alkyl halides is 4. The molecule has 1 aromatic carbocycles. The first-order valence-electron chi connectivity index (χ1n) is 5.28. The standard InChI is InChI=1S/C12H6ClF5N2/c13-6-2-1-5(11(15)16)9(10(6)14)7-3-20-8(4-19-7)12(17)18/h1-4,11-12H. The van der Waals surface area contributed by atoms with Crippen molar-refractivity contribution in [2.75, 3.05) is 0 Å². The van der Waals surface area contributed by atoms with Crippen molar-refractivity contribution >= 4 is 11.6 Å². The summed E-state index contributed by atoms with van der Waals surface area (Å²) >= 11 is 5.53. The normalized spacial score (nSPS) is 11.4. The van der Waals surface area contributed by atoms with Crippen molar-refractivity contribution in [1.29, 1.82) is 0 Å². The van der Waals surface area contributed by atoms with Gasteiger partial charge in [-0.25, -0.2) is 22.0 Å². The van der Waals surface area contributed by atoms with Crippen LogP contribution in [0.3, 0.4) is 0 Å². The van der Waals surface area contributed by atoms with E-state index >= 15 is 0 Å². The summed E-state index contributed by atoms with van der Waals surface area (Å²) in [5.41, 5.74) is -2.09. The monoisotopic (exact) mass is 308 g/mol. The molecule has 106 valence electrons. The van der Waals surface area contributed by atoms with E-state index in [0.717, 1.165) is 18.3 Å². The zero-order valence-electron chi connectivity index (χ0n) is 9.63. The Hall–Kier alpha value is -1.76. The van der Waals surface area contributed by atoms with Gasteiger partial charge in [0, 0.05) is 11.1 Å². The molecule has 0 aliphatic carbocycles. The van der Waals surface area contributed by atoms with E-state index in [1.807, 2.05) is 0 Å². The quantitative estimate of drug-likeness (QED) is 0.760. The van der Waals surface area contributed by atoms with E-state index in [2.05, 4.69) is 9.97 Å². The lowest BCUT2D eigenvalue weighted by Crippen LogP contribution is -1.99. The number of halogens is 6. The van der Waals surface area contributed by atoms with E-state index in [1.165, 1.54) is 0 Å². The topological polar surface area (TPSA) is 25.8 Å². The molecule has 0 unspecified atom stereocenters. The Morgan fingerprint density at radius 1 is 0.950 bits per heavy atom. The smallest absolute Gasteiger partial charge is 0.252 e. The third-order valence-electron chi connectivity index (χ3n) is 2.51. The van der Waals surface area contributed by atoms with E-state index in [4.69, 9.17) is 11.6 Å². The Kier molecular flexibility index (Phi) is 4.17. The van der Waals surface area contributed by atoms with Crippen LogP contribution in [-0.4, -0.2) is 9.97 Å². The molecule has 0 bridgehead atoms. The molecule has 0 aliphatic rings. The number of aromatic nitrogens is 2. The van der Waals surface area contributed by atoms with Crippen molar-refractivity contribution in [3.63, 3.8) is 0 Å². The Morgan fingerprint density at radius 2 is 1.65 bits per heavy atom. The van der Waals surface area contributed by atoms with Crippen LogP contribution < -0.4 is 0 Å². The second-order valence-corrected chi connectivity index (χ2v) is 4.16. The zero-order valence-corrected chi connectivity index (χ0v) is 10.4. The van der Waals surface area contributed by atoms with Crippen LogP contribution in [-0.2, 0) is 0 Å². The van der Waals surface area contributed by atoms with Crippen molar-refractivity contribution < 1.29 is 22.0 Å². The molecule has 0 saturated carbocycles. The molecule has 0 atom stereocenters. The minimum absolute atomic E-state index is 0.287. The minimum Gasteiger partial charge on any atom is -0.252 e. The Morgan fingerprint density at radius 3 is 2.15 bits per heavy atom. The highest BCUT2D eigenvalue weighted by molar-refractivity contribution is 6.31. The van der Waals surface area contributed by atoms with Gasteiger partial charge in [0.1, 0.15) is 5.69 Å². The number of rotatable bonds is 3. The lowest BCUT2D eigenvalue weighted by Gasteiger charge is -2.10. The summed E-state index contributed by atoms with van der Waals surface area (Å²) in [6.45, 7) is 0. The van der Waals surface area contributed by atoms with Crippen LogP contribution in [0.2, 0.25) is 5.02 Å². The van der Waals surface area contributed by atoms with Gasteiger partial charge in [0.15, 0.2) is 5.82 Å². The third kappa shape index (κ3) is 2.72. The SMILES string of the molecule is Fc1c(Cl)ccc(C(F)F)c1-c1cnc(C(F)F)cn1. The highest BCUT2D eigenvalue weighted by atomic mass is 35.5. The summed E-state index contributed by atoms with van der Waals surface area (Å²) in [4.78, 5) is 6.90.